The highest BCUT2D eigenvalue weighted by atomic mass is 32.2. The fraction of sp³-hybridized carbons (Fsp3) is 0. The SMILES string of the molecule is N=C(N)Sc1cn2nc(-c3ccco3)nc2c(N)n1. The van der Waals surface area contributed by atoms with Crippen LogP contribution in [0.2, 0.25) is 0 Å². The van der Waals surface area contributed by atoms with Crippen LogP contribution in [0.4, 0.5) is 5.82 Å². The lowest BCUT2D eigenvalue weighted by molar-refractivity contribution is 0.577. The van der Waals surface area contributed by atoms with E-state index in [0.717, 1.165) is 11.8 Å². The lowest BCUT2D eigenvalue weighted by Crippen LogP contribution is -2.06. The van der Waals surface area contributed by atoms with Gasteiger partial charge in [-0.05, 0) is 23.9 Å². The third-order valence-corrected chi connectivity index (χ3v) is 2.91. The predicted molar refractivity (Wildman–Crippen MR) is 70.7 cm³/mol. The summed E-state index contributed by atoms with van der Waals surface area (Å²) in [5.74, 6) is 1.18. The molecular formula is C10H9N7OS. The molecule has 0 saturated heterocycles. The van der Waals surface area contributed by atoms with Crippen molar-refractivity contribution in [1.82, 2.24) is 19.6 Å². The van der Waals surface area contributed by atoms with Gasteiger partial charge in [0.25, 0.3) is 0 Å². The van der Waals surface area contributed by atoms with Gasteiger partial charge >= 0.3 is 0 Å². The van der Waals surface area contributed by atoms with E-state index in [2.05, 4.69) is 15.1 Å². The summed E-state index contributed by atoms with van der Waals surface area (Å²) in [5.41, 5.74) is 11.5. The number of hydrogen-bond donors (Lipinski definition) is 3. The van der Waals surface area contributed by atoms with Crippen molar-refractivity contribution in [3.63, 3.8) is 0 Å². The molecule has 0 aromatic carbocycles. The minimum Gasteiger partial charge on any atom is -0.461 e. The number of nitrogens with zero attached hydrogens (tertiary/aromatic N) is 4. The number of nitrogens with one attached hydrogen (secondary N) is 1. The molecule has 0 fully saturated rings. The largest absolute Gasteiger partial charge is 0.461 e. The second kappa shape index (κ2) is 4.28. The van der Waals surface area contributed by atoms with Gasteiger partial charge in [-0.15, -0.1) is 5.10 Å². The molecule has 0 saturated carbocycles. The van der Waals surface area contributed by atoms with Crippen molar-refractivity contribution >= 4 is 28.4 Å². The molecule has 0 unspecified atom stereocenters. The second-order valence-corrected chi connectivity index (χ2v) is 4.67. The molecule has 0 bridgehead atoms. The Morgan fingerprint density at radius 2 is 2.26 bits per heavy atom. The van der Waals surface area contributed by atoms with Crippen molar-refractivity contribution in [2.75, 3.05) is 5.73 Å². The fourth-order valence-corrected chi connectivity index (χ4v) is 2.08. The number of nitrogens with two attached hydrogens (primary N) is 2. The maximum absolute atomic E-state index is 7.23. The third-order valence-electron chi connectivity index (χ3n) is 2.28. The van der Waals surface area contributed by atoms with Crippen LogP contribution < -0.4 is 11.5 Å². The van der Waals surface area contributed by atoms with Gasteiger partial charge in [-0.3, -0.25) is 5.41 Å². The van der Waals surface area contributed by atoms with Gasteiger partial charge in [0.15, 0.2) is 22.4 Å². The molecule has 8 nitrogen and oxygen atoms in total. The predicted octanol–water partition coefficient (Wildman–Crippen LogP) is 0.952. The van der Waals surface area contributed by atoms with Crippen molar-refractivity contribution in [3.8, 4) is 11.6 Å². The molecule has 3 rings (SSSR count). The summed E-state index contributed by atoms with van der Waals surface area (Å²) in [5, 5.41) is 11.9. The summed E-state index contributed by atoms with van der Waals surface area (Å²) in [6.45, 7) is 0. The zero-order valence-electron chi connectivity index (χ0n) is 9.57. The lowest BCUT2D eigenvalue weighted by Gasteiger charge is -2.00. The number of furan rings is 1. The standard InChI is InChI=1S/C10H9N7OS/c11-7-9-15-8(5-2-1-3-18-5)16-17(9)4-6(14-7)19-10(12)13/h1-4H,(H2,11,14)(H3,12,13). The van der Waals surface area contributed by atoms with E-state index in [4.69, 9.17) is 21.3 Å². The molecule has 0 aliphatic rings. The molecule has 3 heterocycles. The van der Waals surface area contributed by atoms with E-state index >= 15 is 0 Å². The summed E-state index contributed by atoms with van der Waals surface area (Å²) in [6.07, 6.45) is 3.15. The lowest BCUT2D eigenvalue weighted by atomic mass is 10.4. The van der Waals surface area contributed by atoms with Crippen molar-refractivity contribution < 1.29 is 4.42 Å². The van der Waals surface area contributed by atoms with E-state index < -0.39 is 0 Å². The first-order chi connectivity index (χ1) is 9.13. The van der Waals surface area contributed by atoms with Crippen LogP contribution in [-0.4, -0.2) is 24.7 Å². The van der Waals surface area contributed by atoms with Crippen molar-refractivity contribution in [2.45, 2.75) is 5.03 Å². The monoisotopic (exact) mass is 275 g/mol. The topological polar surface area (TPSA) is 132 Å². The Hall–Kier alpha value is -2.55. The molecule has 96 valence electrons. The molecule has 5 N–H and O–H groups in total. The Labute approximate surface area is 111 Å². The minimum atomic E-state index is -0.0716. The van der Waals surface area contributed by atoms with E-state index in [1.165, 1.54) is 4.52 Å². The Balaban J connectivity index is 2.12. The molecule has 9 heteroatoms. The highest BCUT2D eigenvalue weighted by Crippen LogP contribution is 2.22. The molecule has 3 aromatic heterocycles. The Kier molecular flexibility index (Phi) is 2.60. The summed E-state index contributed by atoms with van der Waals surface area (Å²) < 4.78 is 6.72. The molecule has 0 amide bonds. The van der Waals surface area contributed by atoms with Crippen LogP contribution in [0.25, 0.3) is 17.2 Å². The van der Waals surface area contributed by atoms with E-state index in [-0.39, 0.29) is 11.0 Å². The van der Waals surface area contributed by atoms with Crippen molar-refractivity contribution in [2.24, 2.45) is 5.73 Å². The van der Waals surface area contributed by atoms with Crippen molar-refractivity contribution in [3.05, 3.63) is 24.6 Å². The number of nitrogen functional groups attached to an aromatic ring is 1. The molecular weight excluding hydrogens is 266 g/mol. The van der Waals surface area contributed by atoms with E-state index in [0.29, 0.717) is 22.3 Å². The Morgan fingerprint density at radius 3 is 2.95 bits per heavy atom. The number of thioether (sulfide) groups is 1. The van der Waals surface area contributed by atoms with Gasteiger partial charge in [-0.2, -0.15) is 0 Å². The molecule has 19 heavy (non-hydrogen) atoms. The van der Waals surface area contributed by atoms with Crippen LogP contribution in [-0.2, 0) is 0 Å². The smallest absolute Gasteiger partial charge is 0.218 e. The number of hydrogen-bond acceptors (Lipinski definition) is 7. The Morgan fingerprint density at radius 1 is 1.42 bits per heavy atom. The summed E-state index contributed by atoms with van der Waals surface area (Å²) in [7, 11) is 0. The maximum Gasteiger partial charge on any atom is 0.218 e. The number of aromatic nitrogens is 4. The first kappa shape index (κ1) is 11.5. The summed E-state index contributed by atoms with van der Waals surface area (Å²) >= 11 is 0.992. The molecule has 0 spiro atoms. The highest BCUT2D eigenvalue weighted by Gasteiger charge is 2.13. The van der Waals surface area contributed by atoms with Crippen molar-refractivity contribution in [1.29, 1.82) is 5.41 Å². The average molecular weight is 275 g/mol. The van der Waals surface area contributed by atoms with Gasteiger partial charge < -0.3 is 15.9 Å². The van der Waals surface area contributed by atoms with Crippen LogP contribution in [0.5, 0.6) is 0 Å². The number of rotatable bonds is 2. The quantitative estimate of drug-likeness (QED) is 0.360. The zero-order chi connectivity index (χ0) is 13.4. The summed E-state index contributed by atoms with van der Waals surface area (Å²) in [6, 6.07) is 3.50. The maximum atomic E-state index is 7.23. The van der Waals surface area contributed by atoms with Crippen LogP contribution in [0, 0.1) is 5.41 Å². The van der Waals surface area contributed by atoms with Gasteiger partial charge in [0.1, 0.15) is 5.03 Å². The van der Waals surface area contributed by atoms with Crippen LogP contribution >= 0.6 is 11.8 Å². The van der Waals surface area contributed by atoms with Gasteiger partial charge in [0.2, 0.25) is 5.82 Å². The van der Waals surface area contributed by atoms with Gasteiger partial charge in [-0.25, -0.2) is 14.5 Å². The molecule has 0 aliphatic heterocycles. The zero-order valence-corrected chi connectivity index (χ0v) is 10.4. The second-order valence-electron chi connectivity index (χ2n) is 3.61. The number of anilines is 1. The average Bonchev–Trinajstić information content (AvgIpc) is 2.95. The highest BCUT2D eigenvalue weighted by molar-refractivity contribution is 8.13. The van der Waals surface area contributed by atoms with Crippen LogP contribution in [0.1, 0.15) is 0 Å². The van der Waals surface area contributed by atoms with Crippen LogP contribution in [0.3, 0.4) is 0 Å². The number of fused-ring (bicyclic) bond motifs is 1. The van der Waals surface area contributed by atoms with E-state index in [1.807, 2.05) is 0 Å². The normalized spacial score (nSPS) is 10.9. The molecule has 0 radical (unpaired) electrons. The minimum absolute atomic E-state index is 0.0716. The van der Waals surface area contributed by atoms with Crippen LogP contribution in [0.15, 0.2) is 34.0 Å². The fourth-order valence-electron chi connectivity index (χ4n) is 1.56. The van der Waals surface area contributed by atoms with Gasteiger partial charge in [0.05, 0.1) is 12.5 Å². The van der Waals surface area contributed by atoms with E-state index in [9.17, 15) is 0 Å². The molecule has 0 aliphatic carbocycles. The third kappa shape index (κ3) is 2.10. The first-order valence-electron chi connectivity index (χ1n) is 5.22. The molecule has 3 aromatic rings. The Bertz CT molecular complexity index is 749. The number of amidine groups is 1. The first-order valence-corrected chi connectivity index (χ1v) is 6.04. The van der Waals surface area contributed by atoms with E-state index in [1.54, 1.807) is 24.6 Å². The van der Waals surface area contributed by atoms with Gasteiger partial charge in [0, 0.05) is 0 Å². The van der Waals surface area contributed by atoms with Gasteiger partial charge in [-0.1, -0.05) is 0 Å². The summed E-state index contributed by atoms with van der Waals surface area (Å²) in [4.78, 5) is 8.35. The molecule has 0 atom stereocenters.